The first-order valence-corrected chi connectivity index (χ1v) is 7.15. The standard InChI is InChI=1S/C14H20N6O/c1-10(2)17-13-6-14(16-9-15-13)19-3-4-20-12(7-19)5-11(8-21)18-20/h5-6,9-10,21H,3-4,7-8H2,1-2H3,(H,15,16,17). The molecule has 7 nitrogen and oxygen atoms in total. The van der Waals surface area contributed by atoms with Crippen molar-refractivity contribution in [2.75, 3.05) is 16.8 Å². The second-order valence-corrected chi connectivity index (χ2v) is 5.49. The second-order valence-electron chi connectivity index (χ2n) is 5.49. The Morgan fingerprint density at radius 2 is 2.14 bits per heavy atom. The Hall–Kier alpha value is -2.15. The van der Waals surface area contributed by atoms with Crippen LogP contribution in [0.15, 0.2) is 18.5 Å². The number of rotatable bonds is 4. The summed E-state index contributed by atoms with van der Waals surface area (Å²) in [5.74, 6) is 1.75. The van der Waals surface area contributed by atoms with E-state index in [1.807, 2.05) is 16.8 Å². The third-order valence-electron chi connectivity index (χ3n) is 3.42. The molecule has 0 unspecified atom stereocenters. The van der Waals surface area contributed by atoms with Crippen molar-refractivity contribution in [3.8, 4) is 0 Å². The van der Waals surface area contributed by atoms with Gasteiger partial charge in [-0.2, -0.15) is 5.10 Å². The van der Waals surface area contributed by atoms with Crippen LogP contribution in [0.4, 0.5) is 11.6 Å². The quantitative estimate of drug-likeness (QED) is 0.874. The molecule has 0 saturated carbocycles. The van der Waals surface area contributed by atoms with Crippen molar-refractivity contribution in [2.45, 2.75) is 39.6 Å². The maximum absolute atomic E-state index is 9.17. The highest BCUT2D eigenvalue weighted by molar-refractivity contribution is 5.49. The van der Waals surface area contributed by atoms with Crippen LogP contribution >= 0.6 is 0 Å². The number of anilines is 2. The third-order valence-corrected chi connectivity index (χ3v) is 3.42. The summed E-state index contributed by atoms with van der Waals surface area (Å²) in [5, 5.41) is 16.8. The summed E-state index contributed by atoms with van der Waals surface area (Å²) in [6, 6.07) is 4.25. The zero-order valence-electron chi connectivity index (χ0n) is 12.3. The SMILES string of the molecule is CC(C)Nc1cc(N2CCn3nc(CO)cc3C2)ncn1. The van der Waals surface area contributed by atoms with Gasteiger partial charge in [0, 0.05) is 18.7 Å². The van der Waals surface area contributed by atoms with Crippen LogP contribution in [0.2, 0.25) is 0 Å². The van der Waals surface area contributed by atoms with Crippen molar-refractivity contribution < 1.29 is 5.11 Å². The molecule has 0 spiro atoms. The number of aliphatic hydroxyl groups is 1. The highest BCUT2D eigenvalue weighted by Crippen LogP contribution is 2.21. The number of fused-ring (bicyclic) bond motifs is 1. The van der Waals surface area contributed by atoms with Crippen molar-refractivity contribution in [1.82, 2.24) is 19.7 Å². The molecule has 1 aliphatic heterocycles. The van der Waals surface area contributed by atoms with Crippen LogP contribution in [0.3, 0.4) is 0 Å². The third kappa shape index (κ3) is 2.97. The number of nitrogens with one attached hydrogen (secondary N) is 1. The first kappa shape index (κ1) is 13.8. The molecule has 7 heteroatoms. The predicted molar refractivity (Wildman–Crippen MR) is 80.0 cm³/mol. The van der Waals surface area contributed by atoms with Gasteiger partial charge in [-0.1, -0.05) is 0 Å². The van der Waals surface area contributed by atoms with Gasteiger partial charge in [0.15, 0.2) is 0 Å². The summed E-state index contributed by atoms with van der Waals surface area (Å²) < 4.78 is 1.95. The van der Waals surface area contributed by atoms with Gasteiger partial charge in [-0.3, -0.25) is 4.68 Å². The molecule has 21 heavy (non-hydrogen) atoms. The molecule has 0 aromatic carbocycles. The van der Waals surface area contributed by atoms with Crippen LogP contribution in [-0.4, -0.2) is 37.4 Å². The summed E-state index contributed by atoms with van der Waals surface area (Å²) in [6.07, 6.45) is 1.59. The fourth-order valence-corrected chi connectivity index (χ4v) is 2.49. The van der Waals surface area contributed by atoms with Gasteiger partial charge in [0.05, 0.1) is 31.1 Å². The predicted octanol–water partition coefficient (Wildman–Crippen LogP) is 1.01. The number of hydrogen-bond donors (Lipinski definition) is 2. The molecule has 0 amide bonds. The first-order chi connectivity index (χ1) is 10.2. The summed E-state index contributed by atoms with van der Waals surface area (Å²) in [4.78, 5) is 10.8. The van der Waals surface area contributed by atoms with Gasteiger partial charge < -0.3 is 15.3 Å². The molecule has 0 aliphatic carbocycles. The van der Waals surface area contributed by atoms with Crippen molar-refractivity contribution in [2.24, 2.45) is 0 Å². The summed E-state index contributed by atoms with van der Waals surface area (Å²) >= 11 is 0. The molecule has 3 rings (SSSR count). The van der Waals surface area contributed by atoms with E-state index in [1.165, 1.54) is 0 Å². The van der Waals surface area contributed by atoms with Crippen LogP contribution < -0.4 is 10.2 Å². The van der Waals surface area contributed by atoms with Crippen molar-refractivity contribution in [3.05, 3.63) is 29.8 Å². The van der Waals surface area contributed by atoms with Crippen molar-refractivity contribution in [1.29, 1.82) is 0 Å². The van der Waals surface area contributed by atoms with Gasteiger partial charge in [-0.05, 0) is 19.9 Å². The van der Waals surface area contributed by atoms with Crippen LogP contribution in [0.1, 0.15) is 25.2 Å². The minimum Gasteiger partial charge on any atom is -0.390 e. The van der Waals surface area contributed by atoms with E-state index in [4.69, 9.17) is 0 Å². The van der Waals surface area contributed by atoms with E-state index in [1.54, 1.807) is 6.33 Å². The van der Waals surface area contributed by atoms with Gasteiger partial charge in [0.1, 0.15) is 18.0 Å². The lowest BCUT2D eigenvalue weighted by atomic mass is 10.2. The van der Waals surface area contributed by atoms with Crippen LogP contribution in [-0.2, 0) is 19.7 Å². The van der Waals surface area contributed by atoms with Gasteiger partial charge in [-0.15, -0.1) is 0 Å². The van der Waals surface area contributed by atoms with Gasteiger partial charge in [0.2, 0.25) is 0 Å². The van der Waals surface area contributed by atoms with E-state index < -0.39 is 0 Å². The van der Waals surface area contributed by atoms with Gasteiger partial charge in [0.25, 0.3) is 0 Å². The number of aromatic nitrogens is 4. The molecule has 0 saturated heterocycles. The summed E-state index contributed by atoms with van der Waals surface area (Å²) in [5.41, 5.74) is 1.82. The summed E-state index contributed by atoms with van der Waals surface area (Å²) in [6.45, 7) is 6.53. The first-order valence-electron chi connectivity index (χ1n) is 7.15. The van der Waals surface area contributed by atoms with E-state index in [0.29, 0.717) is 6.04 Å². The normalized spacial score (nSPS) is 14.4. The molecule has 0 radical (unpaired) electrons. The highest BCUT2D eigenvalue weighted by Gasteiger charge is 2.19. The molecule has 2 aromatic heterocycles. The maximum atomic E-state index is 9.17. The topological polar surface area (TPSA) is 79.1 Å². The Labute approximate surface area is 123 Å². The lowest BCUT2D eigenvalue weighted by Gasteiger charge is -2.28. The minimum atomic E-state index is -0.0179. The van der Waals surface area contributed by atoms with Gasteiger partial charge >= 0.3 is 0 Å². The molecule has 2 aromatic rings. The maximum Gasteiger partial charge on any atom is 0.134 e. The fourth-order valence-electron chi connectivity index (χ4n) is 2.49. The molecule has 3 heterocycles. The van der Waals surface area contributed by atoms with Crippen molar-refractivity contribution >= 4 is 11.6 Å². The lowest BCUT2D eigenvalue weighted by molar-refractivity contribution is 0.275. The van der Waals surface area contributed by atoms with E-state index in [-0.39, 0.29) is 6.61 Å². The minimum absolute atomic E-state index is 0.0179. The molecule has 112 valence electrons. The molecule has 0 bridgehead atoms. The Balaban J connectivity index is 1.79. The van der Waals surface area contributed by atoms with E-state index in [9.17, 15) is 5.11 Å². The fraction of sp³-hybridized carbons (Fsp3) is 0.500. The average molecular weight is 288 g/mol. The summed E-state index contributed by atoms with van der Waals surface area (Å²) in [7, 11) is 0. The van der Waals surface area contributed by atoms with Crippen LogP contribution in [0.5, 0.6) is 0 Å². The Bertz CT molecular complexity index is 624. The molecule has 0 atom stereocenters. The molecule has 2 N–H and O–H groups in total. The smallest absolute Gasteiger partial charge is 0.134 e. The zero-order valence-corrected chi connectivity index (χ0v) is 12.3. The van der Waals surface area contributed by atoms with Crippen molar-refractivity contribution in [3.63, 3.8) is 0 Å². The Kier molecular flexibility index (Phi) is 3.74. The number of nitrogens with zero attached hydrogens (tertiary/aromatic N) is 5. The van der Waals surface area contributed by atoms with Gasteiger partial charge in [-0.25, -0.2) is 9.97 Å². The molecule has 0 fully saturated rings. The largest absolute Gasteiger partial charge is 0.390 e. The van der Waals surface area contributed by atoms with E-state index in [0.717, 1.165) is 42.7 Å². The monoisotopic (exact) mass is 288 g/mol. The molecular formula is C14H20N6O. The lowest BCUT2D eigenvalue weighted by Crippen LogP contribution is -2.34. The molecular weight excluding hydrogens is 268 g/mol. The van der Waals surface area contributed by atoms with E-state index in [2.05, 4.69) is 39.1 Å². The number of hydrogen-bond acceptors (Lipinski definition) is 6. The second kappa shape index (κ2) is 5.69. The highest BCUT2D eigenvalue weighted by atomic mass is 16.3. The Morgan fingerprint density at radius 1 is 1.29 bits per heavy atom. The average Bonchev–Trinajstić information content (AvgIpc) is 2.89. The zero-order chi connectivity index (χ0) is 14.8. The number of aliphatic hydroxyl groups excluding tert-OH is 1. The Morgan fingerprint density at radius 3 is 2.90 bits per heavy atom. The van der Waals surface area contributed by atoms with E-state index >= 15 is 0 Å². The molecule has 1 aliphatic rings. The van der Waals surface area contributed by atoms with Crippen LogP contribution in [0.25, 0.3) is 0 Å². The van der Waals surface area contributed by atoms with Crippen LogP contribution in [0, 0.1) is 0 Å².